The fourth-order valence-electron chi connectivity index (χ4n) is 3.41. The van der Waals surface area contributed by atoms with Crippen LogP contribution in [0.3, 0.4) is 0 Å². The van der Waals surface area contributed by atoms with E-state index in [1.807, 2.05) is 51.4 Å². The number of ether oxygens (including phenoxy) is 1. The van der Waals surface area contributed by atoms with Gasteiger partial charge in [-0.1, -0.05) is 0 Å². The third-order valence-corrected chi connectivity index (χ3v) is 5.06. The quantitative estimate of drug-likeness (QED) is 0.620. The van der Waals surface area contributed by atoms with Crippen molar-refractivity contribution < 1.29 is 19.1 Å². The van der Waals surface area contributed by atoms with E-state index in [0.717, 1.165) is 22.6 Å². The maximum Gasteiger partial charge on any atom is 0.305 e. The Bertz CT molecular complexity index is 932. The van der Waals surface area contributed by atoms with E-state index < -0.39 is 0 Å². The summed E-state index contributed by atoms with van der Waals surface area (Å²) in [7, 11) is 1.38. The highest BCUT2D eigenvalue weighted by atomic mass is 16.5. The summed E-state index contributed by atoms with van der Waals surface area (Å²) in [5.41, 5.74) is 4.15. The number of methoxy groups -OCH3 is 1. The second-order valence-corrected chi connectivity index (χ2v) is 7.73. The molecule has 0 saturated heterocycles. The van der Waals surface area contributed by atoms with E-state index in [-0.39, 0.29) is 30.4 Å². The molecule has 0 aliphatic rings. The van der Waals surface area contributed by atoms with E-state index in [0.29, 0.717) is 24.9 Å². The third-order valence-electron chi connectivity index (χ3n) is 5.06. The van der Waals surface area contributed by atoms with E-state index >= 15 is 0 Å². The van der Waals surface area contributed by atoms with Crippen LogP contribution in [0, 0.1) is 13.8 Å². The Kier molecular flexibility index (Phi) is 8.36. The zero-order chi connectivity index (χ0) is 23.1. The molecule has 8 nitrogen and oxygen atoms in total. The molecule has 0 aliphatic carbocycles. The Morgan fingerprint density at radius 1 is 1.16 bits per heavy atom. The van der Waals surface area contributed by atoms with Crippen molar-refractivity contribution in [2.75, 3.05) is 20.2 Å². The van der Waals surface area contributed by atoms with Crippen LogP contribution in [0.1, 0.15) is 54.5 Å². The van der Waals surface area contributed by atoms with Crippen LogP contribution in [0.15, 0.2) is 24.3 Å². The fraction of sp³-hybridized carbons (Fsp3) is 0.478. The van der Waals surface area contributed by atoms with Crippen LogP contribution in [-0.2, 0) is 20.7 Å². The molecule has 1 heterocycles. The molecule has 0 spiro atoms. The molecule has 1 aromatic heterocycles. The van der Waals surface area contributed by atoms with E-state index in [9.17, 15) is 14.4 Å². The smallest absolute Gasteiger partial charge is 0.305 e. The van der Waals surface area contributed by atoms with E-state index in [2.05, 4.69) is 10.4 Å². The van der Waals surface area contributed by atoms with Crippen LogP contribution in [0.25, 0.3) is 5.69 Å². The number of nitrogens with one attached hydrogen (secondary N) is 1. The first kappa shape index (κ1) is 24.1. The number of esters is 1. The van der Waals surface area contributed by atoms with Crippen molar-refractivity contribution in [1.82, 2.24) is 20.0 Å². The second kappa shape index (κ2) is 10.7. The van der Waals surface area contributed by atoms with Crippen LogP contribution in [0.2, 0.25) is 0 Å². The predicted octanol–water partition coefficient (Wildman–Crippen LogP) is 2.58. The molecule has 0 saturated carbocycles. The van der Waals surface area contributed by atoms with Gasteiger partial charge in [0, 0.05) is 30.3 Å². The first-order valence-corrected chi connectivity index (χ1v) is 10.5. The van der Waals surface area contributed by atoms with Gasteiger partial charge in [-0.2, -0.15) is 5.10 Å². The Balaban J connectivity index is 2.16. The number of benzene rings is 1. The lowest BCUT2D eigenvalue weighted by Crippen LogP contribution is -2.42. The van der Waals surface area contributed by atoms with Gasteiger partial charge in [-0.05, 0) is 70.9 Å². The highest BCUT2D eigenvalue weighted by molar-refractivity contribution is 5.96. The van der Waals surface area contributed by atoms with Crippen LogP contribution >= 0.6 is 0 Å². The van der Waals surface area contributed by atoms with E-state index in [1.165, 1.54) is 12.0 Å². The van der Waals surface area contributed by atoms with Crippen molar-refractivity contribution in [3.05, 3.63) is 46.8 Å². The zero-order valence-corrected chi connectivity index (χ0v) is 19.2. The standard InChI is InChI=1S/C23H32N4O4/c1-7-26(14-21(28)24-15(2)3)23(30)18-8-10-19(11-9-18)27-17(5)20(16(4)25-27)12-13-22(29)31-6/h8-11,15H,7,12-14H2,1-6H3,(H,24,28). The van der Waals surface area contributed by atoms with Crippen LogP contribution < -0.4 is 5.32 Å². The highest BCUT2D eigenvalue weighted by Gasteiger charge is 2.19. The van der Waals surface area contributed by atoms with E-state index in [4.69, 9.17) is 4.74 Å². The second-order valence-electron chi connectivity index (χ2n) is 7.73. The number of amides is 2. The number of hydrogen-bond acceptors (Lipinski definition) is 5. The number of aromatic nitrogens is 2. The first-order valence-electron chi connectivity index (χ1n) is 10.5. The molecule has 31 heavy (non-hydrogen) atoms. The van der Waals surface area contributed by atoms with Gasteiger partial charge in [-0.25, -0.2) is 4.68 Å². The van der Waals surface area contributed by atoms with Crippen molar-refractivity contribution in [2.45, 2.75) is 53.5 Å². The minimum atomic E-state index is -0.253. The molecule has 1 aromatic carbocycles. The summed E-state index contributed by atoms with van der Waals surface area (Å²) < 4.78 is 6.53. The lowest BCUT2D eigenvalue weighted by molar-refractivity contribution is -0.140. The van der Waals surface area contributed by atoms with Crippen LogP contribution in [0.4, 0.5) is 0 Å². The van der Waals surface area contributed by atoms with Crippen molar-refractivity contribution in [2.24, 2.45) is 0 Å². The number of carbonyl (C=O) groups excluding carboxylic acids is 3. The maximum absolute atomic E-state index is 12.8. The molecule has 1 N–H and O–H groups in total. The fourth-order valence-corrected chi connectivity index (χ4v) is 3.41. The van der Waals surface area contributed by atoms with Crippen molar-refractivity contribution in [3.8, 4) is 5.69 Å². The number of likely N-dealkylation sites (N-methyl/N-ethyl adjacent to an activating group) is 1. The number of hydrogen-bond donors (Lipinski definition) is 1. The van der Waals surface area contributed by atoms with Gasteiger partial charge in [0.05, 0.1) is 25.0 Å². The summed E-state index contributed by atoms with van der Waals surface area (Å²) in [4.78, 5) is 37.9. The molecule has 2 amide bonds. The van der Waals surface area contributed by atoms with Gasteiger partial charge in [0.2, 0.25) is 5.91 Å². The van der Waals surface area contributed by atoms with Gasteiger partial charge in [-0.15, -0.1) is 0 Å². The Hall–Kier alpha value is -3.16. The summed E-state index contributed by atoms with van der Waals surface area (Å²) in [5.74, 6) is -0.624. The lowest BCUT2D eigenvalue weighted by Gasteiger charge is -2.21. The average molecular weight is 429 g/mol. The first-order chi connectivity index (χ1) is 14.7. The summed E-state index contributed by atoms with van der Waals surface area (Å²) >= 11 is 0. The predicted molar refractivity (Wildman–Crippen MR) is 118 cm³/mol. The average Bonchev–Trinajstić information content (AvgIpc) is 3.02. The largest absolute Gasteiger partial charge is 0.469 e. The SMILES string of the molecule is CCN(CC(=O)NC(C)C)C(=O)c1ccc(-n2nc(C)c(CCC(=O)OC)c2C)cc1. The monoisotopic (exact) mass is 428 g/mol. The minimum absolute atomic E-state index is 0.0241. The molecule has 2 aromatic rings. The number of carbonyl (C=O) groups is 3. The molecule has 0 aliphatic heterocycles. The molecule has 168 valence electrons. The molecule has 0 radical (unpaired) electrons. The number of aryl methyl sites for hydroxylation is 1. The Labute approximate surface area is 183 Å². The molecule has 0 fully saturated rings. The highest BCUT2D eigenvalue weighted by Crippen LogP contribution is 2.20. The van der Waals surface area contributed by atoms with Gasteiger partial charge >= 0.3 is 5.97 Å². The summed E-state index contributed by atoms with van der Waals surface area (Å²) in [5, 5.41) is 7.40. The molecular weight excluding hydrogens is 396 g/mol. The molecule has 2 rings (SSSR count). The lowest BCUT2D eigenvalue weighted by atomic mass is 10.1. The van der Waals surface area contributed by atoms with Gasteiger partial charge in [0.1, 0.15) is 0 Å². The molecule has 0 bridgehead atoms. The topological polar surface area (TPSA) is 93.5 Å². The van der Waals surface area contributed by atoms with E-state index in [1.54, 1.807) is 12.1 Å². The van der Waals surface area contributed by atoms with Crippen molar-refractivity contribution in [3.63, 3.8) is 0 Å². The maximum atomic E-state index is 12.8. The van der Waals surface area contributed by atoms with Gasteiger partial charge in [-0.3, -0.25) is 14.4 Å². The molecular formula is C23H32N4O4. The third kappa shape index (κ3) is 6.16. The number of nitrogens with zero attached hydrogens (tertiary/aromatic N) is 3. The summed E-state index contributed by atoms with van der Waals surface area (Å²) in [6, 6.07) is 7.17. The summed E-state index contributed by atoms with van der Waals surface area (Å²) in [6.07, 6.45) is 0.860. The zero-order valence-electron chi connectivity index (χ0n) is 19.2. The van der Waals surface area contributed by atoms with Gasteiger partial charge in [0.25, 0.3) is 5.91 Å². The molecule has 8 heteroatoms. The van der Waals surface area contributed by atoms with Gasteiger partial charge in [0.15, 0.2) is 0 Å². The molecule has 0 unspecified atom stereocenters. The normalized spacial score (nSPS) is 10.8. The van der Waals surface area contributed by atoms with Crippen LogP contribution in [-0.4, -0.2) is 58.7 Å². The van der Waals surface area contributed by atoms with Crippen molar-refractivity contribution in [1.29, 1.82) is 0 Å². The van der Waals surface area contributed by atoms with Gasteiger partial charge < -0.3 is 15.0 Å². The number of rotatable bonds is 9. The minimum Gasteiger partial charge on any atom is -0.469 e. The molecule has 0 atom stereocenters. The Morgan fingerprint density at radius 3 is 2.35 bits per heavy atom. The Morgan fingerprint density at radius 2 is 1.81 bits per heavy atom. The van der Waals surface area contributed by atoms with Crippen LogP contribution in [0.5, 0.6) is 0 Å². The van der Waals surface area contributed by atoms with Crippen molar-refractivity contribution >= 4 is 17.8 Å². The summed E-state index contributed by atoms with van der Waals surface area (Å²) in [6.45, 7) is 9.94.